The zero-order valence-corrected chi connectivity index (χ0v) is 16.6. The number of ether oxygens (including phenoxy) is 1. The van der Waals surface area contributed by atoms with E-state index in [0.29, 0.717) is 10.8 Å². The molecule has 0 atom stereocenters. The highest BCUT2D eigenvalue weighted by atomic mass is 79.9. The Morgan fingerprint density at radius 3 is 2.14 bits per heavy atom. The van der Waals surface area contributed by atoms with Gasteiger partial charge in [0.2, 0.25) is 0 Å². The first-order valence-electron chi connectivity index (χ1n) is 8.13. The molecule has 0 fully saturated rings. The Labute approximate surface area is 173 Å². The molecule has 28 heavy (non-hydrogen) atoms. The van der Waals surface area contributed by atoms with Gasteiger partial charge in [0.05, 0.1) is 38.2 Å². The van der Waals surface area contributed by atoms with Crippen LogP contribution in [-0.2, 0) is 0 Å². The molecule has 0 bridgehead atoms. The molecule has 0 heterocycles. The summed E-state index contributed by atoms with van der Waals surface area (Å²) in [7, 11) is 0. The van der Waals surface area contributed by atoms with Gasteiger partial charge in [-0.05, 0) is 46.3 Å². The van der Waals surface area contributed by atoms with E-state index in [1.54, 1.807) is 42.5 Å². The molecule has 0 saturated carbocycles. The number of hydrogen-bond donors (Lipinski definition) is 3. The third kappa shape index (κ3) is 2.63. The van der Waals surface area contributed by atoms with Gasteiger partial charge in [-0.25, -0.2) is 0 Å². The van der Waals surface area contributed by atoms with E-state index < -0.39 is 11.6 Å². The van der Waals surface area contributed by atoms with Gasteiger partial charge in [0.25, 0.3) is 0 Å². The summed E-state index contributed by atoms with van der Waals surface area (Å²) < 4.78 is 6.09. The molecule has 0 amide bonds. The van der Waals surface area contributed by atoms with Crippen LogP contribution in [0, 0.1) is 0 Å². The van der Waals surface area contributed by atoms with Crippen LogP contribution >= 0.6 is 27.5 Å². The lowest BCUT2D eigenvalue weighted by Gasteiger charge is -2.24. The first kappa shape index (κ1) is 18.3. The van der Waals surface area contributed by atoms with Gasteiger partial charge in [-0.3, -0.25) is 9.59 Å². The van der Waals surface area contributed by atoms with E-state index in [1.807, 2.05) is 0 Å². The van der Waals surface area contributed by atoms with E-state index in [-0.39, 0.29) is 49.5 Å². The van der Waals surface area contributed by atoms with Crippen LogP contribution in [0.5, 0.6) is 11.5 Å². The number of nitrogen functional groups attached to an aromatic ring is 3. The lowest BCUT2D eigenvalue weighted by molar-refractivity contribution is 0.0977. The Morgan fingerprint density at radius 1 is 0.786 bits per heavy atom. The molecule has 3 aromatic carbocycles. The van der Waals surface area contributed by atoms with Crippen LogP contribution in [-0.4, -0.2) is 11.6 Å². The largest absolute Gasteiger partial charge is 0.457 e. The van der Waals surface area contributed by atoms with E-state index in [2.05, 4.69) is 15.9 Å². The Bertz CT molecular complexity index is 1180. The zero-order chi connectivity index (χ0) is 20.2. The van der Waals surface area contributed by atoms with Gasteiger partial charge in [0, 0.05) is 10.6 Å². The van der Waals surface area contributed by atoms with Crippen LogP contribution in [0.4, 0.5) is 17.1 Å². The maximum absolute atomic E-state index is 13.3. The number of anilines is 3. The quantitative estimate of drug-likeness (QED) is 0.382. The minimum Gasteiger partial charge on any atom is -0.457 e. The van der Waals surface area contributed by atoms with Gasteiger partial charge in [-0.1, -0.05) is 23.7 Å². The zero-order valence-electron chi connectivity index (χ0n) is 14.3. The van der Waals surface area contributed by atoms with Crippen molar-refractivity contribution in [3.05, 3.63) is 74.2 Å². The molecule has 1 aliphatic carbocycles. The summed E-state index contributed by atoms with van der Waals surface area (Å²) in [4.78, 5) is 26.4. The predicted octanol–water partition coefficient (Wildman–Crippen LogP) is 4.42. The van der Waals surface area contributed by atoms with Crippen molar-refractivity contribution in [2.24, 2.45) is 0 Å². The number of benzene rings is 3. The smallest absolute Gasteiger partial charge is 0.199 e. The van der Waals surface area contributed by atoms with E-state index in [1.165, 1.54) is 0 Å². The van der Waals surface area contributed by atoms with Crippen molar-refractivity contribution in [2.75, 3.05) is 17.2 Å². The fourth-order valence-corrected chi connectivity index (χ4v) is 3.87. The van der Waals surface area contributed by atoms with E-state index in [0.717, 1.165) is 0 Å². The second kappa shape index (κ2) is 6.54. The molecule has 4 rings (SSSR count). The molecule has 1 aliphatic rings. The molecule has 3 aromatic rings. The number of nitrogens with two attached hydrogens (primary N) is 3. The molecule has 8 heteroatoms. The molecule has 0 radical (unpaired) electrons. The molecule has 140 valence electrons. The number of fused-ring (bicyclic) bond motifs is 2. The van der Waals surface area contributed by atoms with Crippen molar-refractivity contribution in [2.45, 2.75) is 0 Å². The molecule has 0 spiro atoms. The van der Waals surface area contributed by atoms with Gasteiger partial charge >= 0.3 is 0 Å². The van der Waals surface area contributed by atoms with Crippen molar-refractivity contribution < 1.29 is 14.3 Å². The van der Waals surface area contributed by atoms with Crippen molar-refractivity contribution >= 4 is 56.2 Å². The highest BCUT2D eigenvalue weighted by molar-refractivity contribution is 9.10. The standard InChI is InChI=1S/C20H13BrClN3O3/c21-15-13-14(16(23)18(25)17(15)24)19(26)10-2-1-3-11(12(10)20(13)27)28-9-6-4-8(22)5-7-9/h1-7H,23-25H2. The summed E-state index contributed by atoms with van der Waals surface area (Å²) in [6.07, 6.45) is 0. The summed E-state index contributed by atoms with van der Waals surface area (Å²) in [5, 5.41) is 0.551. The number of carbonyl (C=O) groups is 2. The average Bonchev–Trinajstić information content (AvgIpc) is 2.69. The molecule has 0 aliphatic heterocycles. The molecule has 6 N–H and O–H groups in total. The average molecular weight is 459 g/mol. The minimum atomic E-state index is -0.431. The topological polar surface area (TPSA) is 121 Å². The van der Waals surface area contributed by atoms with E-state index in [9.17, 15) is 9.59 Å². The summed E-state index contributed by atoms with van der Waals surface area (Å²) >= 11 is 9.18. The van der Waals surface area contributed by atoms with Crippen LogP contribution in [0.25, 0.3) is 0 Å². The Hall–Kier alpha value is -3.03. The highest BCUT2D eigenvalue weighted by Crippen LogP contribution is 2.45. The van der Waals surface area contributed by atoms with Crippen LogP contribution in [0.3, 0.4) is 0 Å². The summed E-state index contributed by atoms with van der Waals surface area (Å²) in [5.74, 6) is -0.139. The number of ketones is 2. The van der Waals surface area contributed by atoms with Crippen LogP contribution in [0.2, 0.25) is 5.02 Å². The van der Waals surface area contributed by atoms with Gasteiger partial charge in [0.1, 0.15) is 11.5 Å². The summed E-state index contributed by atoms with van der Waals surface area (Å²) in [6.45, 7) is 0. The van der Waals surface area contributed by atoms with E-state index >= 15 is 0 Å². The van der Waals surface area contributed by atoms with Gasteiger partial charge in [-0.15, -0.1) is 0 Å². The Kier molecular flexibility index (Phi) is 4.28. The normalized spacial score (nSPS) is 12.5. The lowest BCUT2D eigenvalue weighted by atomic mass is 9.82. The lowest BCUT2D eigenvalue weighted by Crippen LogP contribution is -2.25. The van der Waals surface area contributed by atoms with Crippen molar-refractivity contribution in [1.82, 2.24) is 0 Å². The monoisotopic (exact) mass is 457 g/mol. The molecule has 0 saturated heterocycles. The summed E-state index contributed by atoms with van der Waals surface area (Å²) in [5.41, 5.74) is 18.5. The van der Waals surface area contributed by atoms with Crippen LogP contribution < -0.4 is 21.9 Å². The molecule has 6 nitrogen and oxygen atoms in total. The number of hydrogen-bond acceptors (Lipinski definition) is 6. The Morgan fingerprint density at radius 2 is 1.46 bits per heavy atom. The number of halogens is 2. The summed E-state index contributed by atoms with van der Waals surface area (Å²) in [6, 6.07) is 11.4. The highest BCUT2D eigenvalue weighted by Gasteiger charge is 2.37. The van der Waals surface area contributed by atoms with Crippen molar-refractivity contribution in [3.8, 4) is 11.5 Å². The fourth-order valence-electron chi connectivity index (χ4n) is 3.16. The maximum atomic E-state index is 13.3. The predicted molar refractivity (Wildman–Crippen MR) is 112 cm³/mol. The van der Waals surface area contributed by atoms with Gasteiger partial charge < -0.3 is 21.9 Å². The molecular formula is C20H13BrClN3O3. The number of carbonyl (C=O) groups excluding carboxylic acids is 2. The Balaban J connectivity index is 1.92. The number of rotatable bonds is 2. The van der Waals surface area contributed by atoms with Crippen LogP contribution in [0.1, 0.15) is 31.8 Å². The maximum Gasteiger partial charge on any atom is 0.199 e. The van der Waals surface area contributed by atoms with Gasteiger partial charge in [0.15, 0.2) is 11.6 Å². The molecular weight excluding hydrogens is 446 g/mol. The van der Waals surface area contributed by atoms with Crippen molar-refractivity contribution in [1.29, 1.82) is 0 Å². The minimum absolute atomic E-state index is 0.0104. The second-order valence-electron chi connectivity index (χ2n) is 6.20. The van der Waals surface area contributed by atoms with Gasteiger partial charge in [-0.2, -0.15) is 0 Å². The first-order chi connectivity index (χ1) is 13.3. The second-order valence-corrected chi connectivity index (χ2v) is 7.43. The third-order valence-corrected chi connectivity index (χ3v) is 5.62. The fraction of sp³-hybridized carbons (Fsp3) is 0. The van der Waals surface area contributed by atoms with Crippen molar-refractivity contribution in [3.63, 3.8) is 0 Å². The SMILES string of the molecule is Nc1c(N)c(Br)c2c(c1N)C(=O)c1cccc(Oc3ccc(Cl)cc3)c1C2=O. The first-order valence-corrected chi connectivity index (χ1v) is 9.30. The molecule has 0 unspecified atom stereocenters. The third-order valence-electron chi connectivity index (χ3n) is 4.55. The van der Waals surface area contributed by atoms with E-state index in [4.69, 9.17) is 33.5 Å². The van der Waals surface area contributed by atoms with Crippen LogP contribution in [0.15, 0.2) is 46.9 Å². The molecule has 0 aromatic heterocycles.